The molecule has 3 aromatic rings. The van der Waals surface area contributed by atoms with Crippen LogP contribution in [0.4, 0.5) is 38.9 Å². The number of nitrogens with zero attached hydrogens (tertiary/aromatic N) is 3. The second-order valence-electron chi connectivity index (χ2n) is 8.22. The van der Waals surface area contributed by atoms with Crippen molar-refractivity contribution >= 4 is 63.6 Å². The molecule has 1 heterocycles. The van der Waals surface area contributed by atoms with Crippen molar-refractivity contribution in [2.45, 2.75) is 13.0 Å². The molecule has 0 spiro atoms. The topological polar surface area (TPSA) is 103 Å². The van der Waals surface area contributed by atoms with E-state index in [1.807, 2.05) is 14.1 Å². The number of anilines is 6. The van der Waals surface area contributed by atoms with E-state index in [0.29, 0.717) is 35.2 Å². The van der Waals surface area contributed by atoms with E-state index in [2.05, 4.69) is 49.6 Å². The fraction of sp³-hybridized carbons (Fsp3) is 0.240. The summed E-state index contributed by atoms with van der Waals surface area (Å²) < 4.78 is 20.0. The summed E-state index contributed by atoms with van der Waals surface area (Å²) in [6.07, 6.45) is 2.68. The van der Waals surface area contributed by atoms with E-state index in [4.69, 9.17) is 27.9 Å². The highest BCUT2D eigenvalue weighted by Gasteiger charge is 2.16. The molecule has 9 nitrogen and oxygen atoms in total. The van der Waals surface area contributed by atoms with Crippen LogP contribution in [0.5, 0.6) is 5.75 Å². The maximum atomic E-state index is 14.5. The van der Waals surface area contributed by atoms with E-state index in [1.165, 1.54) is 31.5 Å². The van der Waals surface area contributed by atoms with E-state index in [1.54, 1.807) is 18.2 Å². The molecule has 0 saturated heterocycles. The third kappa shape index (κ3) is 7.22. The molecule has 12 heteroatoms. The third-order valence-electron chi connectivity index (χ3n) is 5.45. The zero-order valence-electron chi connectivity index (χ0n) is 20.8. The second-order valence-corrected chi connectivity index (χ2v) is 9.01. The van der Waals surface area contributed by atoms with Gasteiger partial charge in [0, 0.05) is 24.8 Å². The van der Waals surface area contributed by atoms with E-state index >= 15 is 0 Å². The molecule has 2 aromatic carbocycles. The van der Waals surface area contributed by atoms with E-state index in [9.17, 15) is 9.18 Å². The Morgan fingerprint density at radius 3 is 2.59 bits per heavy atom. The molecule has 1 amide bonds. The number of benzene rings is 2. The molecular formula is C25H28Cl2FN7O2. The minimum absolute atomic E-state index is 0.105. The smallest absolute Gasteiger partial charge is 0.247 e. The number of hydrogen-bond donors (Lipinski definition) is 4. The van der Waals surface area contributed by atoms with Gasteiger partial charge in [-0.1, -0.05) is 29.8 Å². The minimum Gasteiger partial charge on any atom is -0.494 e. The van der Waals surface area contributed by atoms with Crippen LogP contribution in [0.2, 0.25) is 10.0 Å². The lowest BCUT2D eigenvalue weighted by Gasteiger charge is -2.23. The number of carbonyl (C=O) groups excluding carboxylic acids is 1. The molecule has 196 valence electrons. The average molecular weight is 548 g/mol. The zero-order chi connectivity index (χ0) is 27.1. The van der Waals surface area contributed by atoms with Crippen molar-refractivity contribution in [1.29, 1.82) is 0 Å². The lowest BCUT2D eigenvalue weighted by Crippen LogP contribution is -2.31. The SMILES string of the molecule is C=CC(=O)Nc1cc(Nc2nccc(Nc3ccc(Cl)c(Cl)c3F)n2)c(OC)cc1NCC(C)N(C)C. The molecule has 1 unspecified atom stereocenters. The number of rotatable bonds is 11. The Bertz CT molecular complexity index is 1290. The molecule has 1 atom stereocenters. The Balaban J connectivity index is 1.90. The van der Waals surface area contributed by atoms with Crippen molar-refractivity contribution in [2.75, 3.05) is 49.0 Å². The molecule has 3 rings (SSSR count). The van der Waals surface area contributed by atoms with Gasteiger partial charge in [-0.25, -0.2) is 9.37 Å². The Hall–Kier alpha value is -3.60. The molecule has 1 aromatic heterocycles. The van der Waals surface area contributed by atoms with Crippen molar-refractivity contribution < 1.29 is 13.9 Å². The standard InChI is InChI=1S/C25H28Cl2FN7O2/c1-6-22(36)32-18-11-19(20(37-5)12-17(18)30-13-14(2)35(3)4)33-25-29-10-9-21(34-25)31-16-8-7-15(26)23(27)24(16)28/h6-12,14,30H,1,13H2,2-5H3,(H,32,36)(H2,29,31,33,34). The summed E-state index contributed by atoms with van der Waals surface area (Å²) in [6, 6.07) is 8.20. The second kappa shape index (κ2) is 12.6. The first-order chi connectivity index (χ1) is 17.6. The molecule has 0 radical (unpaired) electrons. The fourth-order valence-corrected chi connectivity index (χ4v) is 3.40. The van der Waals surface area contributed by atoms with Gasteiger partial charge in [-0.15, -0.1) is 0 Å². The number of nitrogens with one attached hydrogen (secondary N) is 4. The minimum atomic E-state index is -0.696. The van der Waals surface area contributed by atoms with Crippen LogP contribution in [0.3, 0.4) is 0 Å². The number of aromatic nitrogens is 2. The molecule has 37 heavy (non-hydrogen) atoms. The summed E-state index contributed by atoms with van der Waals surface area (Å²) in [5.74, 6) is -0.0742. The maximum absolute atomic E-state index is 14.5. The van der Waals surface area contributed by atoms with Gasteiger partial charge < -0.3 is 30.9 Å². The van der Waals surface area contributed by atoms with Crippen LogP contribution in [-0.2, 0) is 4.79 Å². The van der Waals surface area contributed by atoms with Gasteiger partial charge in [-0.3, -0.25) is 4.79 Å². The number of amides is 1. The number of likely N-dealkylation sites (N-methyl/N-ethyl adjacent to an activating group) is 1. The Morgan fingerprint density at radius 2 is 1.92 bits per heavy atom. The molecule has 0 saturated carbocycles. The number of hydrogen-bond acceptors (Lipinski definition) is 8. The lowest BCUT2D eigenvalue weighted by atomic mass is 10.2. The van der Waals surface area contributed by atoms with Gasteiger partial charge in [-0.2, -0.15) is 4.98 Å². The van der Waals surface area contributed by atoms with Crippen molar-refractivity contribution in [3.63, 3.8) is 0 Å². The van der Waals surface area contributed by atoms with Gasteiger partial charge in [0.15, 0.2) is 5.82 Å². The van der Waals surface area contributed by atoms with Crippen LogP contribution in [0.15, 0.2) is 49.2 Å². The predicted molar refractivity (Wildman–Crippen MR) is 148 cm³/mol. The first kappa shape index (κ1) is 28.0. The normalized spacial score (nSPS) is 11.6. The van der Waals surface area contributed by atoms with Gasteiger partial charge >= 0.3 is 0 Å². The molecule has 0 aliphatic carbocycles. The highest BCUT2D eigenvalue weighted by atomic mass is 35.5. The first-order valence-electron chi connectivity index (χ1n) is 11.2. The Morgan fingerprint density at radius 1 is 1.16 bits per heavy atom. The van der Waals surface area contributed by atoms with Crippen LogP contribution in [-0.4, -0.2) is 54.6 Å². The van der Waals surface area contributed by atoms with Crippen molar-refractivity contribution in [1.82, 2.24) is 14.9 Å². The summed E-state index contributed by atoms with van der Waals surface area (Å²) >= 11 is 11.8. The van der Waals surface area contributed by atoms with Crippen molar-refractivity contribution in [3.8, 4) is 5.75 Å². The molecular weight excluding hydrogens is 520 g/mol. The van der Waals surface area contributed by atoms with Crippen LogP contribution < -0.4 is 26.0 Å². The average Bonchev–Trinajstić information content (AvgIpc) is 2.88. The quantitative estimate of drug-likeness (QED) is 0.173. The molecule has 4 N–H and O–H groups in total. The van der Waals surface area contributed by atoms with Crippen LogP contribution in [0.1, 0.15) is 6.92 Å². The predicted octanol–water partition coefficient (Wildman–Crippen LogP) is 5.90. The van der Waals surface area contributed by atoms with Crippen LogP contribution in [0, 0.1) is 5.82 Å². The van der Waals surface area contributed by atoms with E-state index in [-0.39, 0.29) is 33.6 Å². The summed E-state index contributed by atoms with van der Waals surface area (Å²) in [5, 5.41) is 12.0. The number of methoxy groups -OCH3 is 1. The summed E-state index contributed by atoms with van der Waals surface area (Å²) in [6.45, 7) is 6.22. The van der Waals surface area contributed by atoms with E-state index < -0.39 is 5.82 Å². The van der Waals surface area contributed by atoms with E-state index in [0.717, 1.165) is 0 Å². The zero-order valence-corrected chi connectivity index (χ0v) is 22.3. The molecule has 0 bridgehead atoms. The van der Waals surface area contributed by atoms with Gasteiger partial charge in [0.05, 0.1) is 39.9 Å². The van der Waals surface area contributed by atoms with Crippen molar-refractivity contribution in [3.05, 3.63) is 65.0 Å². The van der Waals surface area contributed by atoms with Gasteiger partial charge in [0.2, 0.25) is 11.9 Å². The highest BCUT2D eigenvalue weighted by Crippen LogP contribution is 2.37. The van der Waals surface area contributed by atoms with Crippen molar-refractivity contribution in [2.24, 2.45) is 0 Å². The highest BCUT2D eigenvalue weighted by molar-refractivity contribution is 6.42. The Labute approximate surface area is 225 Å². The summed E-state index contributed by atoms with van der Waals surface area (Å²) in [4.78, 5) is 22.8. The number of halogens is 3. The summed E-state index contributed by atoms with van der Waals surface area (Å²) in [5.41, 5.74) is 1.77. The fourth-order valence-electron chi connectivity index (χ4n) is 3.09. The maximum Gasteiger partial charge on any atom is 0.247 e. The monoisotopic (exact) mass is 547 g/mol. The van der Waals surface area contributed by atoms with Crippen LogP contribution in [0.25, 0.3) is 0 Å². The number of ether oxygens (including phenoxy) is 1. The van der Waals surface area contributed by atoms with Gasteiger partial charge in [0.1, 0.15) is 11.6 Å². The number of carbonyl (C=O) groups is 1. The first-order valence-corrected chi connectivity index (χ1v) is 11.9. The molecule has 0 fully saturated rings. The lowest BCUT2D eigenvalue weighted by molar-refractivity contribution is -0.111. The summed E-state index contributed by atoms with van der Waals surface area (Å²) in [7, 11) is 5.50. The third-order valence-corrected chi connectivity index (χ3v) is 6.23. The van der Waals surface area contributed by atoms with Gasteiger partial charge in [0.25, 0.3) is 0 Å². The largest absolute Gasteiger partial charge is 0.494 e. The van der Waals surface area contributed by atoms with Gasteiger partial charge in [-0.05, 0) is 51.4 Å². The molecule has 0 aliphatic heterocycles. The Kier molecular flexibility index (Phi) is 9.51. The molecule has 0 aliphatic rings. The van der Waals surface area contributed by atoms with Crippen LogP contribution >= 0.6 is 23.2 Å².